The van der Waals surface area contributed by atoms with E-state index < -0.39 is 10.0 Å². The zero-order valence-electron chi connectivity index (χ0n) is 18.0. The molecule has 4 rings (SSSR count). The summed E-state index contributed by atoms with van der Waals surface area (Å²) in [5.41, 5.74) is 0. The van der Waals surface area contributed by atoms with Crippen LogP contribution >= 0.6 is 11.6 Å². The largest absolute Gasteiger partial charge is 0.469 e. The number of nitrogens with zero attached hydrogens (tertiary/aromatic N) is 2. The van der Waals surface area contributed by atoms with E-state index in [2.05, 4.69) is 0 Å². The number of amides is 1. The van der Waals surface area contributed by atoms with Crippen LogP contribution in [0, 0.1) is 11.8 Å². The SMILES string of the molecule is COC(=O)C1CCC(CN2CCN(S(=O)(=O)c3ccc4cc(Cl)ccc4c3)CC2=O)CC1. The normalized spacial score (nSPS) is 22.8. The molecule has 1 saturated carbocycles. The van der Waals surface area contributed by atoms with Gasteiger partial charge in [-0.15, -0.1) is 0 Å². The van der Waals surface area contributed by atoms with Crippen molar-refractivity contribution in [1.82, 2.24) is 9.21 Å². The van der Waals surface area contributed by atoms with Crippen LogP contribution in [0.5, 0.6) is 0 Å². The number of halogens is 1. The molecular formula is C23H27ClN2O5S. The van der Waals surface area contributed by atoms with E-state index in [9.17, 15) is 18.0 Å². The Morgan fingerprint density at radius 1 is 1.06 bits per heavy atom. The number of sulfonamides is 1. The minimum Gasteiger partial charge on any atom is -0.469 e. The first kappa shape index (κ1) is 23.0. The molecule has 9 heteroatoms. The monoisotopic (exact) mass is 478 g/mol. The molecule has 0 N–H and O–H groups in total. The number of benzene rings is 2. The van der Waals surface area contributed by atoms with Crippen LogP contribution in [0.1, 0.15) is 25.7 Å². The summed E-state index contributed by atoms with van der Waals surface area (Å²) in [6.07, 6.45) is 3.28. The van der Waals surface area contributed by atoms with Crippen LogP contribution < -0.4 is 0 Å². The fraction of sp³-hybridized carbons (Fsp3) is 0.478. The molecule has 7 nitrogen and oxygen atoms in total. The molecule has 2 fully saturated rings. The summed E-state index contributed by atoms with van der Waals surface area (Å²) in [5, 5.41) is 2.23. The highest BCUT2D eigenvalue weighted by molar-refractivity contribution is 7.89. The van der Waals surface area contributed by atoms with Gasteiger partial charge in [0.15, 0.2) is 0 Å². The molecule has 0 unspecified atom stereocenters. The lowest BCUT2D eigenvalue weighted by molar-refractivity contribution is -0.147. The summed E-state index contributed by atoms with van der Waals surface area (Å²) in [7, 11) is -2.36. The van der Waals surface area contributed by atoms with Gasteiger partial charge in [-0.3, -0.25) is 9.59 Å². The number of ether oxygens (including phenoxy) is 1. The first-order valence-corrected chi connectivity index (χ1v) is 12.6. The Morgan fingerprint density at radius 2 is 1.75 bits per heavy atom. The van der Waals surface area contributed by atoms with Gasteiger partial charge in [0.25, 0.3) is 0 Å². The highest BCUT2D eigenvalue weighted by Gasteiger charge is 2.35. The summed E-state index contributed by atoms with van der Waals surface area (Å²) < 4.78 is 32.4. The Balaban J connectivity index is 1.38. The molecule has 1 amide bonds. The molecule has 0 atom stereocenters. The van der Waals surface area contributed by atoms with E-state index in [1.165, 1.54) is 11.4 Å². The molecular weight excluding hydrogens is 452 g/mol. The first-order valence-electron chi connectivity index (χ1n) is 10.8. The highest BCUT2D eigenvalue weighted by atomic mass is 35.5. The number of methoxy groups -OCH3 is 1. The second-order valence-electron chi connectivity index (χ2n) is 8.57. The average Bonchev–Trinajstić information content (AvgIpc) is 2.79. The zero-order chi connectivity index (χ0) is 22.9. The van der Waals surface area contributed by atoms with Gasteiger partial charge in [0.05, 0.1) is 24.5 Å². The molecule has 2 aromatic rings. The number of fused-ring (bicyclic) bond motifs is 1. The quantitative estimate of drug-likeness (QED) is 0.615. The maximum absolute atomic E-state index is 13.2. The molecule has 1 heterocycles. The number of piperazine rings is 1. The smallest absolute Gasteiger partial charge is 0.308 e. The van der Waals surface area contributed by atoms with Crippen molar-refractivity contribution in [2.24, 2.45) is 11.8 Å². The minimum absolute atomic E-state index is 0.0491. The third kappa shape index (κ3) is 4.77. The van der Waals surface area contributed by atoms with Gasteiger partial charge in [0, 0.05) is 24.7 Å². The van der Waals surface area contributed by atoms with Gasteiger partial charge in [-0.05, 0) is 66.6 Å². The number of rotatable bonds is 5. The van der Waals surface area contributed by atoms with Crippen molar-refractivity contribution in [1.29, 1.82) is 0 Å². The Labute approximate surface area is 193 Å². The van der Waals surface area contributed by atoms with Crippen LogP contribution in [0.2, 0.25) is 5.02 Å². The van der Waals surface area contributed by atoms with Crippen LogP contribution in [0.25, 0.3) is 10.8 Å². The summed E-state index contributed by atoms with van der Waals surface area (Å²) in [4.78, 5) is 26.4. The van der Waals surface area contributed by atoms with Gasteiger partial charge in [-0.1, -0.05) is 23.7 Å². The predicted molar refractivity (Wildman–Crippen MR) is 122 cm³/mol. The standard InChI is InChI=1S/C23H27ClN2O5S/c1-31-23(28)17-4-2-16(3-5-17)14-25-10-11-26(15-22(25)27)32(29,30)21-9-7-18-12-20(24)8-6-19(18)13-21/h6-9,12-13,16-17H,2-5,10-11,14-15H2,1H3. The molecule has 0 aromatic heterocycles. The van der Waals surface area contributed by atoms with E-state index in [0.29, 0.717) is 24.0 Å². The van der Waals surface area contributed by atoms with E-state index in [0.717, 1.165) is 36.5 Å². The number of hydrogen-bond acceptors (Lipinski definition) is 5. The lowest BCUT2D eigenvalue weighted by Gasteiger charge is -2.37. The van der Waals surface area contributed by atoms with E-state index in [1.54, 1.807) is 41.3 Å². The third-order valence-electron chi connectivity index (χ3n) is 6.56. The summed E-state index contributed by atoms with van der Waals surface area (Å²) in [5.74, 6) is -0.0557. The second kappa shape index (κ2) is 9.37. The number of hydrogen-bond donors (Lipinski definition) is 0. The van der Waals surface area contributed by atoms with Crippen LogP contribution in [0.3, 0.4) is 0 Å². The molecule has 2 aromatic carbocycles. The topological polar surface area (TPSA) is 84.0 Å². The van der Waals surface area contributed by atoms with E-state index in [-0.39, 0.29) is 35.8 Å². The average molecular weight is 479 g/mol. The van der Waals surface area contributed by atoms with Crippen molar-refractivity contribution >= 4 is 44.3 Å². The van der Waals surface area contributed by atoms with Crippen molar-refractivity contribution in [3.05, 3.63) is 41.4 Å². The zero-order valence-corrected chi connectivity index (χ0v) is 19.6. The lowest BCUT2D eigenvalue weighted by Crippen LogP contribution is -2.53. The fourth-order valence-corrected chi connectivity index (χ4v) is 6.25. The summed E-state index contributed by atoms with van der Waals surface area (Å²) in [6, 6.07) is 10.2. The van der Waals surface area contributed by atoms with Crippen molar-refractivity contribution in [2.75, 3.05) is 33.3 Å². The lowest BCUT2D eigenvalue weighted by atomic mass is 9.81. The van der Waals surface area contributed by atoms with E-state index in [1.807, 2.05) is 0 Å². The molecule has 0 radical (unpaired) electrons. The van der Waals surface area contributed by atoms with E-state index >= 15 is 0 Å². The van der Waals surface area contributed by atoms with Crippen molar-refractivity contribution in [3.63, 3.8) is 0 Å². The summed E-state index contributed by atoms with van der Waals surface area (Å²) >= 11 is 6.01. The van der Waals surface area contributed by atoms with Crippen molar-refractivity contribution in [2.45, 2.75) is 30.6 Å². The molecule has 1 aliphatic carbocycles. The minimum atomic E-state index is -3.77. The Kier molecular flexibility index (Phi) is 6.74. The van der Waals surface area contributed by atoms with Crippen LogP contribution in [0.15, 0.2) is 41.3 Å². The first-order chi connectivity index (χ1) is 15.3. The summed E-state index contributed by atoms with van der Waals surface area (Å²) in [6.45, 7) is 1.10. The highest BCUT2D eigenvalue weighted by Crippen LogP contribution is 2.31. The molecule has 0 bridgehead atoms. The van der Waals surface area contributed by atoms with Gasteiger partial charge in [0.1, 0.15) is 0 Å². The predicted octanol–water partition coefficient (Wildman–Crippen LogP) is 3.31. The van der Waals surface area contributed by atoms with Gasteiger partial charge >= 0.3 is 5.97 Å². The molecule has 1 aliphatic heterocycles. The molecule has 172 valence electrons. The molecule has 2 aliphatic rings. The van der Waals surface area contributed by atoms with E-state index in [4.69, 9.17) is 16.3 Å². The van der Waals surface area contributed by atoms with Crippen LogP contribution in [-0.4, -0.2) is 62.8 Å². The third-order valence-corrected chi connectivity index (χ3v) is 8.63. The van der Waals surface area contributed by atoms with Gasteiger partial charge in [0.2, 0.25) is 15.9 Å². The fourth-order valence-electron chi connectivity index (χ4n) is 4.65. The maximum atomic E-state index is 13.2. The Morgan fingerprint density at radius 3 is 2.44 bits per heavy atom. The number of carbonyl (C=O) groups is 2. The molecule has 32 heavy (non-hydrogen) atoms. The molecule has 1 saturated heterocycles. The van der Waals surface area contributed by atoms with Crippen molar-refractivity contribution < 1.29 is 22.7 Å². The maximum Gasteiger partial charge on any atom is 0.308 e. The molecule has 0 spiro atoms. The van der Waals surface area contributed by atoms with Gasteiger partial charge < -0.3 is 9.64 Å². The Bertz CT molecular complexity index is 1130. The number of carbonyl (C=O) groups excluding carboxylic acids is 2. The Hall–Kier alpha value is -2.16. The van der Waals surface area contributed by atoms with Crippen LogP contribution in [0.4, 0.5) is 0 Å². The number of esters is 1. The van der Waals surface area contributed by atoms with Gasteiger partial charge in [-0.2, -0.15) is 4.31 Å². The van der Waals surface area contributed by atoms with Crippen molar-refractivity contribution in [3.8, 4) is 0 Å². The van der Waals surface area contributed by atoms with Gasteiger partial charge in [-0.25, -0.2) is 8.42 Å². The second-order valence-corrected chi connectivity index (χ2v) is 10.9. The van der Waals surface area contributed by atoms with Crippen LogP contribution in [-0.2, 0) is 24.3 Å².